The Morgan fingerprint density at radius 1 is 0.966 bits per heavy atom. The highest BCUT2D eigenvalue weighted by Gasteiger charge is 2.16. The number of carboxylic acid groups (broad SMARTS) is 1. The third-order valence-electron chi connectivity index (χ3n) is 4.83. The van der Waals surface area contributed by atoms with Crippen molar-refractivity contribution >= 4 is 16.0 Å². The van der Waals surface area contributed by atoms with Crippen LogP contribution in [0, 0.1) is 0 Å². The number of aliphatic hydroxyl groups excluding tert-OH is 1. The second-order valence-electron chi connectivity index (χ2n) is 7.17. The van der Waals surface area contributed by atoms with E-state index in [2.05, 4.69) is 0 Å². The molecule has 0 aromatic heterocycles. The van der Waals surface area contributed by atoms with Gasteiger partial charge in [-0.25, -0.2) is 8.42 Å². The summed E-state index contributed by atoms with van der Waals surface area (Å²) in [5.41, 5.74) is 3.68. The molecule has 0 saturated heterocycles. The minimum Gasteiger partial charge on any atom is -0.481 e. The van der Waals surface area contributed by atoms with Crippen molar-refractivity contribution in [2.24, 2.45) is 0 Å². The molecule has 7 heteroatoms. The molecule has 2 aromatic carbocycles. The van der Waals surface area contributed by atoms with Crippen molar-refractivity contribution in [3.05, 3.63) is 59.7 Å². The summed E-state index contributed by atoms with van der Waals surface area (Å²) >= 11 is 0. The summed E-state index contributed by atoms with van der Waals surface area (Å²) in [4.78, 5) is 10.5. The Labute approximate surface area is 172 Å². The molecule has 2 aromatic rings. The molecule has 0 aliphatic carbocycles. The number of carboxylic acids is 1. The number of aliphatic carboxylic acids is 1. The third-order valence-corrected chi connectivity index (χ3v) is 6.08. The van der Waals surface area contributed by atoms with Gasteiger partial charge >= 0.3 is 5.97 Å². The molecule has 158 valence electrons. The van der Waals surface area contributed by atoms with Gasteiger partial charge in [-0.3, -0.25) is 4.79 Å². The molecule has 0 amide bonds. The van der Waals surface area contributed by atoms with E-state index in [1.165, 1.54) is 10.6 Å². The van der Waals surface area contributed by atoms with Gasteiger partial charge in [0.1, 0.15) is 0 Å². The number of benzene rings is 2. The summed E-state index contributed by atoms with van der Waals surface area (Å²) < 4.78 is 25.7. The first-order valence-electron chi connectivity index (χ1n) is 9.76. The lowest BCUT2D eigenvalue weighted by Crippen LogP contribution is -2.30. The topological polar surface area (TPSA) is 94.9 Å². The fourth-order valence-corrected chi connectivity index (χ4v) is 4.06. The smallest absolute Gasteiger partial charge is 0.303 e. The van der Waals surface area contributed by atoms with Gasteiger partial charge in [-0.2, -0.15) is 4.31 Å². The van der Waals surface area contributed by atoms with Crippen molar-refractivity contribution in [2.45, 2.75) is 45.3 Å². The molecule has 2 rings (SSSR count). The summed E-state index contributed by atoms with van der Waals surface area (Å²) in [6.07, 6.45) is 4.27. The highest BCUT2D eigenvalue weighted by Crippen LogP contribution is 2.24. The van der Waals surface area contributed by atoms with Gasteiger partial charge in [0.25, 0.3) is 0 Å². The van der Waals surface area contributed by atoms with Crippen LogP contribution in [-0.2, 0) is 28.0 Å². The Morgan fingerprint density at radius 3 is 2.24 bits per heavy atom. The molecule has 0 radical (unpaired) electrons. The summed E-state index contributed by atoms with van der Waals surface area (Å²) in [6.45, 7) is 0.684. The maximum atomic E-state index is 12.1. The molecule has 0 fully saturated rings. The van der Waals surface area contributed by atoms with Crippen LogP contribution in [0.1, 0.15) is 43.2 Å². The quantitative estimate of drug-likeness (QED) is 0.512. The second kappa shape index (κ2) is 11.1. The monoisotopic (exact) mass is 419 g/mol. The van der Waals surface area contributed by atoms with Gasteiger partial charge in [-0.15, -0.1) is 0 Å². The Bertz CT molecular complexity index is 894. The van der Waals surface area contributed by atoms with Crippen LogP contribution in [0.15, 0.2) is 48.5 Å². The first-order valence-corrected chi connectivity index (χ1v) is 11.6. The molecule has 29 heavy (non-hydrogen) atoms. The Balaban J connectivity index is 1.98. The van der Waals surface area contributed by atoms with Gasteiger partial charge in [0.05, 0.1) is 12.9 Å². The van der Waals surface area contributed by atoms with Crippen molar-refractivity contribution < 1.29 is 23.4 Å². The van der Waals surface area contributed by atoms with E-state index in [-0.39, 0.29) is 13.0 Å². The second-order valence-corrected chi connectivity index (χ2v) is 9.15. The van der Waals surface area contributed by atoms with Crippen molar-refractivity contribution in [1.29, 1.82) is 0 Å². The number of unbranched alkanes of at least 4 members (excludes halogenated alkanes) is 3. The van der Waals surface area contributed by atoms with E-state index in [1.807, 2.05) is 48.5 Å². The molecule has 0 aliphatic heterocycles. The van der Waals surface area contributed by atoms with Crippen LogP contribution in [-0.4, -0.2) is 41.7 Å². The lowest BCUT2D eigenvalue weighted by atomic mass is 9.99. The van der Waals surface area contributed by atoms with Crippen LogP contribution in [0.5, 0.6) is 0 Å². The van der Waals surface area contributed by atoms with Gasteiger partial charge in [0.2, 0.25) is 10.0 Å². The lowest BCUT2D eigenvalue weighted by Gasteiger charge is -2.20. The van der Waals surface area contributed by atoms with Crippen LogP contribution in [0.25, 0.3) is 11.1 Å². The average Bonchev–Trinajstić information content (AvgIpc) is 2.69. The van der Waals surface area contributed by atoms with Crippen molar-refractivity contribution in [3.8, 4) is 11.1 Å². The molecule has 2 N–H and O–H groups in total. The number of carbonyl (C=O) groups is 1. The van der Waals surface area contributed by atoms with Gasteiger partial charge in [0, 0.05) is 19.5 Å². The summed E-state index contributed by atoms with van der Waals surface area (Å²) in [5, 5.41) is 18.2. The maximum Gasteiger partial charge on any atom is 0.303 e. The SMILES string of the molecule is CS(=O)(=O)N(CCCCCCC(=O)O)Cc1ccc(-c2ccccc2CO)cc1. The van der Waals surface area contributed by atoms with Gasteiger partial charge in [0.15, 0.2) is 0 Å². The molecule has 0 heterocycles. The molecule has 0 unspecified atom stereocenters. The van der Waals surface area contributed by atoms with E-state index in [0.717, 1.165) is 35.1 Å². The molecule has 6 nitrogen and oxygen atoms in total. The molecule has 0 spiro atoms. The van der Waals surface area contributed by atoms with E-state index < -0.39 is 16.0 Å². The fourth-order valence-electron chi connectivity index (χ4n) is 3.21. The van der Waals surface area contributed by atoms with Crippen LogP contribution in [0.4, 0.5) is 0 Å². The number of rotatable bonds is 12. The fraction of sp³-hybridized carbons (Fsp3) is 0.409. The van der Waals surface area contributed by atoms with Crippen LogP contribution in [0.2, 0.25) is 0 Å². The largest absolute Gasteiger partial charge is 0.481 e. The standard InChI is InChI=1S/C22H29NO5S/c1-29(27,28)23(15-7-3-2-4-10-22(25)26)16-18-11-13-19(14-12-18)21-9-6-5-8-20(21)17-24/h5-6,8-9,11-14,24H,2-4,7,10,15-17H2,1H3,(H,25,26). The third kappa shape index (κ3) is 7.61. The minimum absolute atomic E-state index is 0.0355. The van der Waals surface area contributed by atoms with E-state index in [9.17, 15) is 18.3 Å². The zero-order valence-corrected chi connectivity index (χ0v) is 17.6. The summed E-state index contributed by atoms with van der Waals surface area (Å²) in [6, 6.07) is 15.3. The van der Waals surface area contributed by atoms with Crippen molar-refractivity contribution in [3.63, 3.8) is 0 Å². The maximum absolute atomic E-state index is 12.1. The molecule has 0 atom stereocenters. The Morgan fingerprint density at radius 2 is 1.62 bits per heavy atom. The van der Waals surface area contributed by atoms with E-state index in [1.54, 1.807) is 0 Å². The number of hydrogen-bond donors (Lipinski definition) is 2. The number of sulfonamides is 1. The highest BCUT2D eigenvalue weighted by atomic mass is 32.2. The molecular formula is C22H29NO5S. The Hall–Kier alpha value is -2.22. The summed E-state index contributed by atoms with van der Waals surface area (Å²) in [7, 11) is -3.34. The number of hydrogen-bond acceptors (Lipinski definition) is 4. The van der Waals surface area contributed by atoms with E-state index >= 15 is 0 Å². The van der Waals surface area contributed by atoms with Crippen LogP contribution >= 0.6 is 0 Å². The minimum atomic E-state index is -3.34. The van der Waals surface area contributed by atoms with Crippen LogP contribution in [0.3, 0.4) is 0 Å². The predicted octanol–water partition coefficient (Wildman–Crippen LogP) is 3.64. The predicted molar refractivity (Wildman–Crippen MR) is 114 cm³/mol. The molecule has 0 saturated carbocycles. The van der Waals surface area contributed by atoms with Gasteiger partial charge < -0.3 is 10.2 Å². The van der Waals surface area contributed by atoms with E-state index in [0.29, 0.717) is 25.9 Å². The Kier molecular flexibility index (Phi) is 8.82. The van der Waals surface area contributed by atoms with Gasteiger partial charge in [-0.1, -0.05) is 61.4 Å². The first-order chi connectivity index (χ1) is 13.8. The number of nitrogens with zero attached hydrogens (tertiary/aromatic N) is 1. The van der Waals surface area contributed by atoms with E-state index in [4.69, 9.17) is 5.11 Å². The lowest BCUT2D eigenvalue weighted by molar-refractivity contribution is -0.137. The normalized spacial score (nSPS) is 11.7. The van der Waals surface area contributed by atoms with Gasteiger partial charge in [-0.05, 0) is 35.1 Å². The first kappa shape index (κ1) is 23.1. The zero-order chi connectivity index (χ0) is 21.3. The highest BCUT2D eigenvalue weighted by molar-refractivity contribution is 7.88. The zero-order valence-electron chi connectivity index (χ0n) is 16.8. The number of aliphatic hydroxyl groups is 1. The van der Waals surface area contributed by atoms with Crippen molar-refractivity contribution in [2.75, 3.05) is 12.8 Å². The summed E-state index contributed by atoms with van der Waals surface area (Å²) in [5.74, 6) is -0.798. The van der Waals surface area contributed by atoms with Crippen molar-refractivity contribution in [1.82, 2.24) is 4.31 Å². The average molecular weight is 420 g/mol. The molecular weight excluding hydrogens is 390 g/mol. The molecule has 0 bridgehead atoms. The van der Waals surface area contributed by atoms with Crippen LogP contribution < -0.4 is 0 Å². The molecule has 0 aliphatic rings.